The smallest absolute Gasteiger partial charge is 0.229 e. The van der Waals surface area contributed by atoms with E-state index in [0.29, 0.717) is 38.2 Å². The average molecular weight is 415 g/mol. The molecule has 1 saturated heterocycles. The summed E-state index contributed by atoms with van der Waals surface area (Å²) >= 11 is 0. The molecule has 1 heterocycles. The molecule has 6 nitrogen and oxygen atoms in total. The number of allylic oxidation sites excluding steroid dienone is 2. The van der Waals surface area contributed by atoms with Crippen molar-refractivity contribution in [3.8, 4) is 11.5 Å². The van der Waals surface area contributed by atoms with Gasteiger partial charge in [-0.25, -0.2) is 8.78 Å². The molecule has 0 amide bonds. The number of ether oxygens (including phenoxy) is 3. The van der Waals surface area contributed by atoms with Crippen LogP contribution in [-0.4, -0.2) is 55.9 Å². The first-order valence-electron chi connectivity index (χ1n) is 9.52. The lowest BCUT2D eigenvalue weighted by Gasteiger charge is -2.26. The largest absolute Gasteiger partial charge is 0.491 e. The maximum absolute atomic E-state index is 13.9. The van der Waals surface area contributed by atoms with E-state index in [4.69, 9.17) is 14.2 Å². The van der Waals surface area contributed by atoms with Gasteiger partial charge in [0.05, 0.1) is 18.8 Å². The molecule has 0 N–H and O–H groups in total. The molecule has 0 radical (unpaired) electrons. The number of morpholine rings is 1. The average Bonchev–Trinajstić information content (AvgIpc) is 2.74. The van der Waals surface area contributed by atoms with E-state index in [0.717, 1.165) is 31.3 Å². The lowest BCUT2D eigenvalue weighted by Crippen LogP contribution is -2.38. The first-order valence-corrected chi connectivity index (χ1v) is 9.52. The molecular formula is C22H19F2NO5. The Morgan fingerprint density at radius 1 is 1.03 bits per heavy atom. The van der Waals surface area contributed by atoms with Crippen molar-refractivity contribution in [3.63, 3.8) is 0 Å². The van der Waals surface area contributed by atoms with Crippen LogP contribution in [0.3, 0.4) is 0 Å². The van der Waals surface area contributed by atoms with E-state index >= 15 is 0 Å². The summed E-state index contributed by atoms with van der Waals surface area (Å²) in [5.41, 5.74) is 0.264. The van der Waals surface area contributed by atoms with Crippen LogP contribution >= 0.6 is 0 Å². The van der Waals surface area contributed by atoms with Crippen LogP contribution in [0.15, 0.2) is 48.2 Å². The Morgan fingerprint density at radius 2 is 1.83 bits per heavy atom. The van der Waals surface area contributed by atoms with E-state index in [9.17, 15) is 18.4 Å². The van der Waals surface area contributed by atoms with Crippen molar-refractivity contribution in [2.75, 3.05) is 39.5 Å². The van der Waals surface area contributed by atoms with Gasteiger partial charge in [0.2, 0.25) is 5.78 Å². The van der Waals surface area contributed by atoms with Gasteiger partial charge in [0.1, 0.15) is 18.2 Å². The molecule has 0 aromatic heterocycles. The Hall–Kier alpha value is -3.10. The Morgan fingerprint density at radius 3 is 2.60 bits per heavy atom. The van der Waals surface area contributed by atoms with Crippen LogP contribution in [0.5, 0.6) is 11.5 Å². The molecule has 8 heteroatoms. The highest BCUT2D eigenvalue weighted by Crippen LogP contribution is 2.31. The fraction of sp³-hybridized carbons (Fsp3) is 0.273. The lowest BCUT2D eigenvalue weighted by molar-refractivity contribution is 0.0322. The van der Waals surface area contributed by atoms with Gasteiger partial charge >= 0.3 is 0 Å². The van der Waals surface area contributed by atoms with Gasteiger partial charge in [0.25, 0.3) is 0 Å². The second-order valence-corrected chi connectivity index (χ2v) is 6.86. The summed E-state index contributed by atoms with van der Waals surface area (Å²) in [4.78, 5) is 27.7. The van der Waals surface area contributed by atoms with Gasteiger partial charge in [-0.1, -0.05) is 6.07 Å². The zero-order chi connectivity index (χ0) is 21.1. The van der Waals surface area contributed by atoms with Gasteiger partial charge in [-0.05, 0) is 24.3 Å². The standard InChI is InChI=1S/C22H19F2NO5/c23-14-4-5-18(16(24)12-14)30-20-13-17(26)21-15(22(20)27)2-1-3-19(21)29-11-8-25-6-9-28-10-7-25/h1-5,12-13H,6-11H2. The van der Waals surface area contributed by atoms with Crippen molar-refractivity contribution in [1.29, 1.82) is 0 Å². The summed E-state index contributed by atoms with van der Waals surface area (Å²) in [6, 6.07) is 7.42. The molecule has 1 aliphatic heterocycles. The van der Waals surface area contributed by atoms with Crippen molar-refractivity contribution in [1.82, 2.24) is 4.90 Å². The number of hydrogen-bond acceptors (Lipinski definition) is 6. The van der Waals surface area contributed by atoms with Gasteiger partial charge in [0.15, 0.2) is 23.1 Å². The summed E-state index contributed by atoms with van der Waals surface area (Å²) in [5.74, 6) is -3.17. The zero-order valence-corrected chi connectivity index (χ0v) is 16.0. The summed E-state index contributed by atoms with van der Waals surface area (Å²) in [6.45, 7) is 4.01. The predicted octanol–water partition coefficient (Wildman–Crippen LogP) is 3.02. The molecule has 0 atom stereocenters. The lowest BCUT2D eigenvalue weighted by atomic mass is 9.92. The molecule has 30 heavy (non-hydrogen) atoms. The van der Waals surface area contributed by atoms with E-state index in [1.807, 2.05) is 0 Å². The Bertz CT molecular complexity index is 1010. The summed E-state index contributed by atoms with van der Waals surface area (Å²) in [7, 11) is 0. The molecule has 0 unspecified atom stereocenters. The van der Waals surface area contributed by atoms with Crippen LogP contribution in [0.25, 0.3) is 0 Å². The number of carbonyl (C=O) groups excluding carboxylic acids is 2. The van der Waals surface area contributed by atoms with Crippen LogP contribution in [-0.2, 0) is 4.74 Å². The molecule has 2 aliphatic rings. The van der Waals surface area contributed by atoms with Gasteiger partial charge in [0, 0.05) is 37.3 Å². The van der Waals surface area contributed by atoms with E-state index in [2.05, 4.69) is 4.90 Å². The van der Waals surface area contributed by atoms with E-state index in [1.54, 1.807) is 12.1 Å². The van der Waals surface area contributed by atoms with E-state index < -0.39 is 23.2 Å². The van der Waals surface area contributed by atoms with Crippen LogP contribution in [0.2, 0.25) is 0 Å². The molecule has 156 valence electrons. The van der Waals surface area contributed by atoms with Crippen LogP contribution < -0.4 is 9.47 Å². The maximum Gasteiger partial charge on any atom is 0.229 e. The van der Waals surface area contributed by atoms with Crippen molar-refractivity contribution in [3.05, 3.63) is 71.0 Å². The minimum atomic E-state index is -0.970. The highest BCUT2D eigenvalue weighted by atomic mass is 19.1. The monoisotopic (exact) mass is 415 g/mol. The van der Waals surface area contributed by atoms with Crippen molar-refractivity contribution >= 4 is 11.6 Å². The number of ketones is 2. The van der Waals surface area contributed by atoms with Crippen LogP contribution in [0.1, 0.15) is 20.7 Å². The maximum atomic E-state index is 13.9. The number of nitrogens with zero attached hydrogens (tertiary/aromatic N) is 1. The number of Topliss-reactive ketones (excluding diaryl/α,β-unsaturated/α-hetero) is 1. The molecule has 0 bridgehead atoms. The van der Waals surface area contributed by atoms with Gasteiger partial charge in [-0.15, -0.1) is 0 Å². The SMILES string of the molecule is O=C1C(Oc2ccc(F)cc2F)=CC(=O)c2c(OCCN3CCOCC3)cccc21. The third kappa shape index (κ3) is 4.24. The predicted molar refractivity (Wildman–Crippen MR) is 103 cm³/mol. The molecule has 2 aromatic rings. The number of fused-ring (bicyclic) bond motifs is 1. The van der Waals surface area contributed by atoms with Gasteiger partial charge < -0.3 is 14.2 Å². The fourth-order valence-electron chi connectivity index (χ4n) is 3.35. The molecular weight excluding hydrogens is 396 g/mol. The van der Waals surface area contributed by atoms with Crippen molar-refractivity contribution in [2.24, 2.45) is 0 Å². The Labute approximate surface area is 171 Å². The third-order valence-electron chi connectivity index (χ3n) is 4.89. The van der Waals surface area contributed by atoms with Gasteiger partial charge in [-0.3, -0.25) is 14.5 Å². The second-order valence-electron chi connectivity index (χ2n) is 6.86. The zero-order valence-electron chi connectivity index (χ0n) is 16.0. The number of rotatable bonds is 6. The molecule has 0 saturated carbocycles. The topological polar surface area (TPSA) is 65.1 Å². The quantitative estimate of drug-likeness (QED) is 0.723. The third-order valence-corrected chi connectivity index (χ3v) is 4.89. The van der Waals surface area contributed by atoms with Crippen molar-refractivity contribution < 1.29 is 32.6 Å². The Balaban J connectivity index is 1.50. The van der Waals surface area contributed by atoms with Crippen LogP contribution in [0.4, 0.5) is 8.78 Å². The molecule has 0 spiro atoms. The minimum absolute atomic E-state index is 0.115. The molecule has 1 aliphatic carbocycles. The first-order chi connectivity index (χ1) is 14.5. The first kappa shape index (κ1) is 20.2. The Kier molecular flexibility index (Phi) is 5.87. The number of halogens is 2. The number of hydrogen-bond donors (Lipinski definition) is 0. The summed E-state index contributed by atoms with van der Waals surface area (Å²) in [6.07, 6.45) is 1.00. The van der Waals surface area contributed by atoms with E-state index in [1.165, 1.54) is 6.07 Å². The summed E-state index contributed by atoms with van der Waals surface area (Å²) in [5, 5.41) is 0. The van der Waals surface area contributed by atoms with Crippen LogP contribution in [0, 0.1) is 11.6 Å². The minimum Gasteiger partial charge on any atom is -0.491 e. The molecule has 1 fully saturated rings. The molecule has 4 rings (SSSR count). The van der Waals surface area contributed by atoms with E-state index in [-0.39, 0.29) is 22.6 Å². The highest BCUT2D eigenvalue weighted by Gasteiger charge is 2.30. The normalized spacial score (nSPS) is 16.8. The summed E-state index contributed by atoms with van der Waals surface area (Å²) < 4.78 is 43.3. The highest BCUT2D eigenvalue weighted by molar-refractivity contribution is 6.24. The number of carbonyl (C=O) groups is 2. The van der Waals surface area contributed by atoms with Crippen molar-refractivity contribution in [2.45, 2.75) is 0 Å². The van der Waals surface area contributed by atoms with Gasteiger partial charge in [-0.2, -0.15) is 0 Å². The fourth-order valence-corrected chi connectivity index (χ4v) is 3.35. The molecule has 2 aromatic carbocycles. The second kappa shape index (κ2) is 8.73. The number of benzene rings is 2.